The highest BCUT2D eigenvalue weighted by Crippen LogP contribution is 2.30. The predicted molar refractivity (Wildman–Crippen MR) is 240 cm³/mol. The molecule has 0 aliphatic carbocycles. The van der Waals surface area contributed by atoms with Gasteiger partial charge in [0.2, 0.25) is 11.9 Å². The maximum Gasteiger partial charge on any atom is 0.437 e. The molecule has 4 rings (SSSR count). The summed E-state index contributed by atoms with van der Waals surface area (Å²) in [5.41, 5.74) is 1.13. The fraction of sp³-hybridized carbons (Fsp3) is 0.500. The lowest BCUT2D eigenvalue weighted by Crippen LogP contribution is -2.48. The summed E-state index contributed by atoms with van der Waals surface area (Å²) >= 11 is 0. The topological polar surface area (TPSA) is 190 Å². The zero-order valence-electron chi connectivity index (χ0n) is 38.7. The first-order chi connectivity index (χ1) is 29.0. The van der Waals surface area contributed by atoms with Crippen LogP contribution in [0.4, 0.5) is 29.3 Å². The highest BCUT2D eigenvalue weighted by Gasteiger charge is 2.27. The SMILES string of the molecule is Cc1cc(C2=CCN(/C(=N\C(=O)OC(C)(C)C)NC(=O)OC(C)(C)C)CC2)c(F)cc1NC(=O)c1ccc(C2=CCN(/C(=N\C(=O)OC(C)(C)C)NC(=O)OC(C)(C)C)CC2)cc1. The Morgan fingerprint density at radius 2 is 1.05 bits per heavy atom. The van der Waals surface area contributed by atoms with Gasteiger partial charge in [0, 0.05) is 43.0 Å². The van der Waals surface area contributed by atoms with Gasteiger partial charge in [-0.3, -0.25) is 15.4 Å². The Bertz CT molecular complexity index is 2190. The molecule has 0 saturated carbocycles. The van der Waals surface area contributed by atoms with Crippen LogP contribution in [0.15, 0.2) is 58.5 Å². The highest BCUT2D eigenvalue weighted by molar-refractivity contribution is 6.05. The van der Waals surface area contributed by atoms with Gasteiger partial charge in [0.25, 0.3) is 5.91 Å². The van der Waals surface area contributed by atoms with Crippen LogP contribution in [-0.4, -0.2) is 101 Å². The Morgan fingerprint density at radius 1 is 0.619 bits per heavy atom. The van der Waals surface area contributed by atoms with Crippen molar-refractivity contribution in [1.29, 1.82) is 0 Å². The number of aryl methyl sites for hydroxylation is 1. The summed E-state index contributed by atoms with van der Waals surface area (Å²) in [7, 11) is 0. The van der Waals surface area contributed by atoms with Crippen LogP contribution in [0.1, 0.15) is 123 Å². The van der Waals surface area contributed by atoms with E-state index in [4.69, 9.17) is 18.9 Å². The lowest BCUT2D eigenvalue weighted by atomic mass is 9.96. The van der Waals surface area contributed by atoms with Gasteiger partial charge < -0.3 is 34.1 Å². The van der Waals surface area contributed by atoms with Gasteiger partial charge >= 0.3 is 24.4 Å². The lowest BCUT2D eigenvalue weighted by molar-refractivity contribution is 0.0536. The fourth-order valence-electron chi connectivity index (χ4n) is 6.21. The van der Waals surface area contributed by atoms with Gasteiger partial charge in [0.15, 0.2) is 0 Å². The molecule has 0 radical (unpaired) electrons. The van der Waals surface area contributed by atoms with E-state index in [1.807, 2.05) is 18.2 Å². The molecule has 2 heterocycles. The number of nitrogens with zero attached hydrogens (tertiary/aromatic N) is 4. The quantitative estimate of drug-likeness (QED) is 0.151. The number of amides is 5. The molecule has 3 N–H and O–H groups in total. The summed E-state index contributed by atoms with van der Waals surface area (Å²) < 4.78 is 37.2. The first kappa shape index (κ1) is 49.4. The van der Waals surface area contributed by atoms with Crippen LogP contribution in [0.25, 0.3) is 11.1 Å². The molecule has 0 spiro atoms. The fourth-order valence-corrected chi connectivity index (χ4v) is 6.21. The molecule has 0 unspecified atom stereocenters. The van der Waals surface area contributed by atoms with Crippen LogP contribution >= 0.6 is 0 Å². The van der Waals surface area contributed by atoms with E-state index in [2.05, 4.69) is 25.9 Å². The van der Waals surface area contributed by atoms with Gasteiger partial charge in [-0.15, -0.1) is 9.98 Å². The van der Waals surface area contributed by atoms with Gasteiger partial charge in [-0.25, -0.2) is 23.6 Å². The molecule has 0 atom stereocenters. The van der Waals surface area contributed by atoms with Crippen molar-refractivity contribution in [1.82, 2.24) is 20.4 Å². The number of alkyl carbamates (subject to hydrolysis) is 2. The molecule has 342 valence electrons. The van der Waals surface area contributed by atoms with Crippen LogP contribution in [0.3, 0.4) is 0 Å². The summed E-state index contributed by atoms with van der Waals surface area (Å²) in [6, 6.07) is 10.00. The Kier molecular flexibility index (Phi) is 15.6. The Morgan fingerprint density at radius 3 is 1.44 bits per heavy atom. The van der Waals surface area contributed by atoms with Crippen molar-refractivity contribution < 1.29 is 47.3 Å². The predicted octanol–water partition coefficient (Wildman–Crippen LogP) is 9.20. The number of nitrogens with one attached hydrogen (secondary N) is 3. The number of benzene rings is 2. The minimum atomic E-state index is -0.886. The smallest absolute Gasteiger partial charge is 0.437 e. The van der Waals surface area contributed by atoms with Crippen molar-refractivity contribution >= 4 is 59.0 Å². The summed E-state index contributed by atoms with van der Waals surface area (Å²) in [6.45, 7) is 23.6. The van der Waals surface area contributed by atoms with Crippen LogP contribution in [0, 0.1) is 12.7 Å². The second-order valence-corrected chi connectivity index (χ2v) is 19.1. The van der Waals surface area contributed by atoms with E-state index < -0.39 is 58.5 Å². The molecule has 2 aliphatic rings. The van der Waals surface area contributed by atoms with Crippen molar-refractivity contribution in [3.8, 4) is 0 Å². The number of ether oxygens (including phenoxy) is 4. The Balaban J connectivity index is 1.43. The van der Waals surface area contributed by atoms with E-state index in [9.17, 15) is 24.0 Å². The summed E-state index contributed by atoms with van der Waals surface area (Å²) in [5.74, 6) is -0.991. The average molecular weight is 876 g/mol. The molecular weight excluding hydrogens is 814 g/mol. The maximum atomic E-state index is 15.7. The molecule has 0 saturated heterocycles. The molecule has 2 aliphatic heterocycles. The minimum absolute atomic E-state index is 0.00749. The van der Waals surface area contributed by atoms with E-state index in [0.29, 0.717) is 60.4 Å². The third kappa shape index (κ3) is 16.2. The number of carbonyl (C=O) groups is 5. The van der Waals surface area contributed by atoms with E-state index in [0.717, 1.165) is 11.1 Å². The second-order valence-electron chi connectivity index (χ2n) is 19.1. The van der Waals surface area contributed by atoms with E-state index >= 15 is 4.39 Å². The largest absolute Gasteiger partial charge is 0.444 e. The minimum Gasteiger partial charge on any atom is -0.444 e. The van der Waals surface area contributed by atoms with Crippen LogP contribution in [-0.2, 0) is 18.9 Å². The zero-order valence-corrected chi connectivity index (χ0v) is 38.7. The van der Waals surface area contributed by atoms with Crippen LogP contribution in [0.2, 0.25) is 0 Å². The van der Waals surface area contributed by atoms with E-state index in [1.165, 1.54) is 6.07 Å². The monoisotopic (exact) mass is 875 g/mol. The number of hydrogen-bond donors (Lipinski definition) is 3. The van der Waals surface area contributed by atoms with Crippen molar-refractivity contribution in [2.24, 2.45) is 9.98 Å². The van der Waals surface area contributed by atoms with Gasteiger partial charge in [-0.1, -0.05) is 24.3 Å². The van der Waals surface area contributed by atoms with E-state index in [1.54, 1.807) is 124 Å². The number of halogens is 1. The molecule has 63 heavy (non-hydrogen) atoms. The standard InChI is InChI=1S/C46H62FN7O9/c1-28-26-33(31-20-24-54(25-21-31)38(51-41(58)62-45(8,9)10)52-42(59)63-46(11,12)13)34(47)27-35(28)48-36(55)32-16-14-29(15-17-32)30-18-22-53(23-19-30)37(49-39(56)60-43(2,3)4)50-40(57)61-44(5,6)7/h14-18,20,26-27H,19,21-25H2,1-13H3,(H,48,55)(H,49,50,56,57)(H,51,52,58,59). The zero-order chi connectivity index (χ0) is 47.1. The van der Waals surface area contributed by atoms with Crippen LogP contribution in [0.5, 0.6) is 0 Å². The summed E-state index contributed by atoms with van der Waals surface area (Å²) in [5, 5.41) is 7.97. The molecule has 5 amide bonds. The lowest BCUT2D eigenvalue weighted by Gasteiger charge is -2.30. The molecule has 16 nitrogen and oxygen atoms in total. The van der Waals surface area contributed by atoms with Crippen molar-refractivity contribution in [2.45, 2.75) is 125 Å². The summed E-state index contributed by atoms with van der Waals surface area (Å²) in [6.07, 6.45) is 1.35. The number of hydrogen-bond acceptors (Lipinski definition) is 9. The first-order valence-corrected chi connectivity index (χ1v) is 20.8. The third-order valence-corrected chi connectivity index (χ3v) is 8.85. The number of rotatable bonds is 4. The van der Waals surface area contributed by atoms with Gasteiger partial charge in [-0.05, 0) is 149 Å². The van der Waals surface area contributed by atoms with Gasteiger partial charge in [-0.2, -0.15) is 0 Å². The highest BCUT2D eigenvalue weighted by atomic mass is 19.1. The molecule has 2 aromatic rings. The summed E-state index contributed by atoms with van der Waals surface area (Å²) in [4.78, 5) is 75.3. The van der Waals surface area contributed by atoms with Gasteiger partial charge in [0.05, 0.1) is 0 Å². The normalized spacial score (nSPS) is 15.4. The number of anilines is 1. The Hall–Kier alpha value is -6.26. The van der Waals surface area contributed by atoms with E-state index in [-0.39, 0.29) is 18.5 Å². The second kappa shape index (κ2) is 19.8. The number of aliphatic imine (C=N–C) groups is 2. The third-order valence-electron chi connectivity index (χ3n) is 8.85. The molecule has 2 aromatic carbocycles. The molecular formula is C46H62FN7O9. The molecule has 0 fully saturated rings. The Labute approximate surface area is 369 Å². The van der Waals surface area contributed by atoms with Crippen molar-refractivity contribution in [3.05, 3.63) is 76.6 Å². The van der Waals surface area contributed by atoms with Crippen LogP contribution < -0.4 is 16.0 Å². The molecule has 0 aromatic heterocycles. The van der Waals surface area contributed by atoms with Gasteiger partial charge in [0.1, 0.15) is 28.2 Å². The first-order valence-electron chi connectivity index (χ1n) is 20.8. The average Bonchev–Trinajstić information content (AvgIpc) is 3.13. The number of guanidine groups is 2. The molecule has 17 heteroatoms. The molecule has 0 bridgehead atoms. The maximum absolute atomic E-state index is 15.7. The van der Waals surface area contributed by atoms with Crippen molar-refractivity contribution in [2.75, 3.05) is 31.5 Å². The number of carbonyl (C=O) groups excluding carboxylic acids is 5. The van der Waals surface area contributed by atoms with Crippen molar-refractivity contribution in [3.63, 3.8) is 0 Å².